The van der Waals surface area contributed by atoms with Crippen molar-refractivity contribution in [2.75, 3.05) is 11.9 Å². The molecule has 6 nitrogen and oxygen atoms in total. The summed E-state index contributed by atoms with van der Waals surface area (Å²) < 4.78 is 5.00. The highest BCUT2D eigenvalue weighted by Crippen LogP contribution is 2.27. The van der Waals surface area contributed by atoms with E-state index < -0.39 is 18.5 Å². The monoisotopic (exact) mass is 386 g/mol. The Labute approximate surface area is 157 Å². The van der Waals surface area contributed by atoms with Crippen molar-refractivity contribution in [2.45, 2.75) is 6.92 Å². The van der Waals surface area contributed by atoms with E-state index in [1.165, 1.54) is 29.6 Å². The molecule has 1 amide bonds. The van der Waals surface area contributed by atoms with Crippen LogP contribution in [0, 0.1) is 0 Å². The first-order valence-electron chi connectivity index (χ1n) is 7.61. The number of para-hydroxylation sites is 1. The summed E-state index contributed by atoms with van der Waals surface area (Å²) >= 11 is 2.87. The van der Waals surface area contributed by atoms with Crippen LogP contribution in [0.1, 0.15) is 27.8 Å². The number of ketones is 1. The Morgan fingerprint density at radius 2 is 1.92 bits per heavy atom. The van der Waals surface area contributed by atoms with E-state index in [1.807, 2.05) is 17.5 Å². The fourth-order valence-corrected chi connectivity index (χ4v) is 3.77. The first-order chi connectivity index (χ1) is 12.5. The van der Waals surface area contributed by atoms with Gasteiger partial charge in [0.05, 0.1) is 10.6 Å². The molecule has 0 aliphatic heterocycles. The van der Waals surface area contributed by atoms with Gasteiger partial charge in [-0.05, 0) is 30.5 Å². The van der Waals surface area contributed by atoms with E-state index in [1.54, 1.807) is 29.6 Å². The molecule has 3 rings (SSSR count). The van der Waals surface area contributed by atoms with Crippen LogP contribution in [0.5, 0.6) is 0 Å². The van der Waals surface area contributed by atoms with Gasteiger partial charge in [-0.15, -0.1) is 22.7 Å². The lowest BCUT2D eigenvalue weighted by Gasteiger charge is -2.09. The number of aromatic nitrogens is 1. The molecule has 2 aromatic heterocycles. The molecule has 0 radical (unpaired) electrons. The third-order valence-corrected chi connectivity index (χ3v) is 5.24. The average Bonchev–Trinajstić information content (AvgIpc) is 3.31. The summed E-state index contributed by atoms with van der Waals surface area (Å²) in [5.74, 6) is -1.36. The summed E-state index contributed by atoms with van der Waals surface area (Å²) in [5, 5.41) is 6.83. The molecule has 26 heavy (non-hydrogen) atoms. The standard InChI is InChI=1S/C18H14N2O4S2/c1-11(21)12-5-2-3-6-13(12)19-16(22)9-24-18(23)14-10-26-17(20-14)15-7-4-8-25-15/h2-8,10H,9H2,1H3,(H,19,22). The van der Waals surface area contributed by atoms with E-state index in [4.69, 9.17) is 4.74 Å². The van der Waals surface area contributed by atoms with Gasteiger partial charge in [0.2, 0.25) is 0 Å². The van der Waals surface area contributed by atoms with Crippen LogP contribution in [0.2, 0.25) is 0 Å². The van der Waals surface area contributed by atoms with E-state index in [9.17, 15) is 14.4 Å². The van der Waals surface area contributed by atoms with Crippen LogP contribution in [0.25, 0.3) is 9.88 Å². The van der Waals surface area contributed by atoms with Crippen molar-refractivity contribution in [1.29, 1.82) is 0 Å². The molecule has 0 saturated heterocycles. The summed E-state index contributed by atoms with van der Waals surface area (Å²) in [6, 6.07) is 10.5. The molecule has 0 aliphatic rings. The molecule has 0 atom stereocenters. The minimum atomic E-state index is -0.668. The average molecular weight is 386 g/mol. The van der Waals surface area contributed by atoms with Crippen molar-refractivity contribution in [3.63, 3.8) is 0 Å². The van der Waals surface area contributed by atoms with Crippen LogP contribution in [0.4, 0.5) is 5.69 Å². The number of thiazole rings is 1. The number of benzene rings is 1. The van der Waals surface area contributed by atoms with Crippen LogP contribution in [0.3, 0.4) is 0 Å². The van der Waals surface area contributed by atoms with Gasteiger partial charge in [-0.25, -0.2) is 9.78 Å². The van der Waals surface area contributed by atoms with Gasteiger partial charge in [0.1, 0.15) is 5.01 Å². The minimum absolute atomic E-state index is 0.162. The van der Waals surface area contributed by atoms with Crippen molar-refractivity contribution in [2.24, 2.45) is 0 Å². The molecule has 2 heterocycles. The fraction of sp³-hybridized carbons (Fsp3) is 0.111. The number of carbonyl (C=O) groups excluding carboxylic acids is 3. The van der Waals surface area contributed by atoms with Crippen LogP contribution in [-0.2, 0) is 9.53 Å². The lowest BCUT2D eigenvalue weighted by atomic mass is 10.1. The molecular formula is C18H14N2O4S2. The zero-order chi connectivity index (χ0) is 18.5. The zero-order valence-electron chi connectivity index (χ0n) is 13.7. The Hall–Kier alpha value is -2.84. The maximum absolute atomic E-state index is 12.1. The van der Waals surface area contributed by atoms with Crippen LogP contribution < -0.4 is 5.32 Å². The Bertz CT molecular complexity index is 948. The number of thiophene rings is 1. The Morgan fingerprint density at radius 1 is 1.12 bits per heavy atom. The van der Waals surface area contributed by atoms with Gasteiger partial charge >= 0.3 is 5.97 Å². The Balaban J connectivity index is 1.58. The first kappa shape index (κ1) is 18.0. The lowest BCUT2D eigenvalue weighted by Crippen LogP contribution is -2.22. The molecule has 0 spiro atoms. The predicted octanol–water partition coefficient (Wildman–Crippen LogP) is 3.87. The van der Waals surface area contributed by atoms with Gasteiger partial charge in [0.25, 0.3) is 5.91 Å². The first-order valence-corrected chi connectivity index (χ1v) is 9.37. The minimum Gasteiger partial charge on any atom is -0.451 e. The van der Waals surface area contributed by atoms with Gasteiger partial charge in [0, 0.05) is 10.9 Å². The number of nitrogens with zero attached hydrogens (tertiary/aromatic N) is 1. The van der Waals surface area contributed by atoms with Gasteiger partial charge in [0.15, 0.2) is 18.1 Å². The number of rotatable bonds is 6. The van der Waals surface area contributed by atoms with Crippen molar-refractivity contribution in [1.82, 2.24) is 4.98 Å². The second-order valence-corrected chi connectivity index (χ2v) is 7.05. The highest BCUT2D eigenvalue weighted by atomic mass is 32.1. The summed E-state index contributed by atoms with van der Waals surface area (Å²) in [5.41, 5.74) is 0.942. The second kappa shape index (κ2) is 8.03. The van der Waals surface area contributed by atoms with Crippen LogP contribution >= 0.6 is 22.7 Å². The van der Waals surface area contributed by atoms with Crippen LogP contribution in [-0.4, -0.2) is 29.3 Å². The molecule has 0 bridgehead atoms. The second-order valence-electron chi connectivity index (χ2n) is 5.24. The molecule has 0 aliphatic carbocycles. The molecule has 1 aromatic carbocycles. The number of anilines is 1. The van der Waals surface area contributed by atoms with E-state index in [-0.39, 0.29) is 11.5 Å². The van der Waals surface area contributed by atoms with E-state index in [0.29, 0.717) is 11.3 Å². The third kappa shape index (κ3) is 4.22. The molecule has 132 valence electrons. The quantitative estimate of drug-likeness (QED) is 0.513. The van der Waals surface area contributed by atoms with E-state index >= 15 is 0 Å². The summed E-state index contributed by atoms with van der Waals surface area (Å²) in [7, 11) is 0. The Kier molecular flexibility index (Phi) is 5.55. The molecule has 0 saturated carbocycles. The maximum Gasteiger partial charge on any atom is 0.358 e. The summed E-state index contributed by atoms with van der Waals surface area (Å²) in [4.78, 5) is 40.8. The fourth-order valence-electron chi connectivity index (χ4n) is 2.17. The smallest absolute Gasteiger partial charge is 0.358 e. The number of Topliss-reactive ketones (excluding diaryl/α,β-unsaturated/α-hetero) is 1. The molecule has 3 aromatic rings. The van der Waals surface area contributed by atoms with Crippen molar-refractivity contribution in [3.8, 4) is 9.88 Å². The molecule has 1 N–H and O–H groups in total. The lowest BCUT2D eigenvalue weighted by molar-refractivity contribution is -0.119. The molecule has 0 unspecified atom stereocenters. The highest BCUT2D eigenvalue weighted by Gasteiger charge is 2.16. The van der Waals surface area contributed by atoms with Gasteiger partial charge in [-0.2, -0.15) is 0 Å². The number of amides is 1. The number of hydrogen-bond donors (Lipinski definition) is 1. The number of ether oxygens (including phenoxy) is 1. The molecule has 0 fully saturated rings. The highest BCUT2D eigenvalue weighted by molar-refractivity contribution is 7.20. The molecule has 8 heteroatoms. The number of esters is 1. The number of carbonyl (C=O) groups is 3. The third-order valence-electron chi connectivity index (χ3n) is 3.36. The van der Waals surface area contributed by atoms with E-state index in [2.05, 4.69) is 10.3 Å². The van der Waals surface area contributed by atoms with Crippen LogP contribution in [0.15, 0.2) is 47.2 Å². The Morgan fingerprint density at radius 3 is 2.65 bits per heavy atom. The predicted molar refractivity (Wildman–Crippen MR) is 101 cm³/mol. The topological polar surface area (TPSA) is 85.4 Å². The zero-order valence-corrected chi connectivity index (χ0v) is 15.4. The van der Waals surface area contributed by atoms with Crippen molar-refractivity contribution < 1.29 is 19.1 Å². The van der Waals surface area contributed by atoms with Gasteiger partial charge in [-0.1, -0.05) is 18.2 Å². The number of nitrogens with one attached hydrogen (secondary N) is 1. The van der Waals surface area contributed by atoms with Gasteiger partial charge < -0.3 is 10.1 Å². The van der Waals surface area contributed by atoms with E-state index in [0.717, 1.165) is 9.88 Å². The summed E-state index contributed by atoms with van der Waals surface area (Å²) in [6.07, 6.45) is 0. The molecular weight excluding hydrogens is 372 g/mol. The summed E-state index contributed by atoms with van der Waals surface area (Å²) in [6.45, 7) is 0.954. The SMILES string of the molecule is CC(=O)c1ccccc1NC(=O)COC(=O)c1csc(-c2cccs2)n1. The largest absolute Gasteiger partial charge is 0.451 e. The number of hydrogen-bond acceptors (Lipinski definition) is 7. The normalized spacial score (nSPS) is 10.3. The van der Waals surface area contributed by atoms with Crippen molar-refractivity contribution in [3.05, 3.63) is 58.4 Å². The van der Waals surface area contributed by atoms with Crippen molar-refractivity contribution >= 4 is 46.0 Å². The van der Waals surface area contributed by atoms with Gasteiger partial charge in [-0.3, -0.25) is 9.59 Å². The maximum atomic E-state index is 12.1.